The van der Waals surface area contributed by atoms with E-state index < -0.39 is 0 Å². The maximum atomic E-state index is 12.0. The molecule has 0 amide bonds. The topological polar surface area (TPSA) is 35.5 Å². The first-order valence-corrected chi connectivity index (χ1v) is 7.57. The number of benzene rings is 1. The van der Waals surface area contributed by atoms with Gasteiger partial charge in [0.2, 0.25) is 0 Å². The zero-order valence-electron chi connectivity index (χ0n) is 12.3. The number of hydrogen-bond donors (Lipinski definition) is 0. The minimum absolute atomic E-state index is 0.0695. The highest BCUT2D eigenvalue weighted by Gasteiger charge is 2.14. The summed E-state index contributed by atoms with van der Waals surface area (Å²) >= 11 is 0. The van der Waals surface area contributed by atoms with Gasteiger partial charge in [0.05, 0.1) is 6.61 Å². The van der Waals surface area contributed by atoms with Gasteiger partial charge in [0.25, 0.3) is 0 Å². The highest BCUT2D eigenvalue weighted by Crippen LogP contribution is 2.15. The van der Waals surface area contributed by atoms with Crippen molar-refractivity contribution in [3.63, 3.8) is 0 Å². The number of carbonyl (C=O) groups is 1. The second-order valence-electron chi connectivity index (χ2n) is 5.44. The van der Waals surface area contributed by atoms with Gasteiger partial charge in [-0.15, -0.1) is 0 Å². The van der Waals surface area contributed by atoms with Gasteiger partial charge in [-0.2, -0.15) is 0 Å². The maximum Gasteiger partial charge on any atom is 0.188 e. The highest BCUT2D eigenvalue weighted by atomic mass is 16.5. The lowest BCUT2D eigenvalue weighted by molar-refractivity contribution is 0.0216. The summed E-state index contributed by atoms with van der Waals surface area (Å²) in [4.78, 5) is 12.0. The van der Waals surface area contributed by atoms with E-state index in [9.17, 15) is 4.79 Å². The summed E-state index contributed by atoms with van der Waals surface area (Å²) < 4.78 is 10.9. The first kappa shape index (κ1) is 15.2. The van der Waals surface area contributed by atoms with Gasteiger partial charge < -0.3 is 9.47 Å². The van der Waals surface area contributed by atoms with Gasteiger partial charge in [0.1, 0.15) is 6.61 Å². The Labute approximate surface area is 121 Å². The maximum absolute atomic E-state index is 12.0. The fourth-order valence-corrected chi connectivity index (χ4v) is 2.46. The number of rotatable bonds is 7. The second-order valence-corrected chi connectivity index (χ2v) is 5.44. The average Bonchev–Trinajstić information content (AvgIpc) is 2.49. The Balaban J connectivity index is 1.73. The fraction of sp³-hybridized carbons (Fsp3) is 0.588. The third-order valence-corrected chi connectivity index (χ3v) is 3.74. The van der Waals surface area contributed by atoms with Crippen molar-refractivity contribution in [1.29, 1.82) is 0 Å². The molecule has 1 heterocycles. The van der Waals surface area contributed by atoms with Crippen LogP contribution in [0.25, 0.3) is 0 Å². The van der Waals surface area contributed by atoms with Crippen LogP contribution in [0.1, 0.15) is 42.1 Å². The van der Waals surface area contributed by atoms with Crippen molar-refractivity contribution < 1.29 is 14.3 Å². The van der Waals surface area contributed by atoms with Crippen molar-refractivity contribution in [3.05, 3.63) is 35.4 Å². The number of hydrogen-bond acceptors (Lipinski definition) is 3. The summed E-state index contributed by atoms with van der Waals surface area (Å²) in [5, 5.41) is 0. The Morgan fingerprint density at radius 1 is 1.25 bits per heavy atom. The van der Waals surface area contributed by atoms with E-state index in [4.69, 9.17) is 9.47 Å². The SMILES string of the molecule is CCCc1ccc(C(=O)COCC2CCOCC2)cc1. The molecule has 2 rings (SSSR count). The average molecular weight is 276 g/mol. The number of aryl methyl sites for hydroxylation is 1. The summed E-state index contributed by atoms with van der Waals surface area (Å²) in [5.41, 5.74) is 2.03. The van der Waals surface area contributed by atoms with E-state index in [0.717, 1.165) is 44.5 Å². The molecule has 0 unspecified atom stereocenters. The van der Waals surface area contributed by atoms with E-state index in [1.165, 1.54) is 5.56 Å². The van der Waals surface area contributed by atoms with Crippen LogP contribution in [0.4, 0.5) is 0 Å². The lowest BCUT2D eigenvalue weighted by atomic mass is 10.0. The summed E-state index contributed by atoms with van der Waals surface area (Å²) in [7, 11) is 0. The lowest BCUT2D eigenvalue weighted by Gasteiger charge is -2.21. The first-order valence-electron chi connectivity index (χ1n) is 7.57. The van der Waals surface area contributed by atoms with E-state index >= 15 is 0 Å². The lowest BCUT2D eigenvalue weighted by Crippen LogP contribution is -2.21. The van der Waals surface area contributed by atoms with Crippen molar-refractivity contribution >= 4 is 5.78 Å². The predicted molar refractivity (Wildman–Crippen MR) is 79.1 cm³/mol. The van der Waals surface area contributed by atoms with Gasteiger partial charge in [0, 0.05) is 18.8 Å². The van der Waals surface area contributed by atoms with Gasteiger partial charge in [-0.3, -0.25) is 4.79 Å². The molecule has 0 aliphatic carbocycles. The van der Waals surface area contributed by atoms with E-state index in [0.29, 0.717) is 12.5 Å². The third-order valence-electron chi connectivity index (χ3n) is 3.74. The van der Waals surface area contributed by atoms with Crippen molar-refractivity contribution in [2.24, 2.45) is 5.92 Å². The number of Topliss-reactive ketones (excluding diaryl/α,β-unsaturated/α-hetero) is 1. The minimum Gasteiger partial charge on any atom is -0.381 e. The molecule has 20 heavy (non-hydrogen) atoms. The fourth-order valence-electron chi connectivity index (χ4n) is 2.46. The van der Waals surface area contributed by atoms with Crippen LogP contribution in [0.15, 0.2) is 24.3 Å². The molecule has 1 aromatic carbocycles. The van der Waals surface area contributed by atoms with Crippen molar-refractivity contribution in [2.75, 3.05) is 26.4 Å². The highest BCUT2D eigenvalue weighted by molar-refractivity contribution is 5.97. The summed E-state index contributed by atoms with van der Waals surface area (Å²) in [6.07, 6.45) is 4.27. The largest absolute Gasteiger partial charge is 0.381 e. The Bertz CT molecular complexity index is 405. The minimum atomic E-state index is 0.0695. The van der Waals surface area contributed by atoms with Crippen LogP contribution in [0.5, 0.6) is 0 Å². The Morgan fingerprint density at radius 3 is 2.60 bits per heavy atom. The predicted octanol–water partition coefficient (Wildman–Crippen LogP) is 3.27. The Kier molecular flexibility index (Phi) is 6.22. The van der Waals surface area contributed by atoms with E-state index in [-0.39, 0.29) is 12.4 Å². The molecule has 1 fully saturated rings. The molecule has 0 atom stereocenters. The summed E-state index contributed by atoms with van der Waals surface area (Å²) in [5.74, 6) is 0.614. The van der Waals surface area contributed by atoms with Gasteiger partial charge >= 0.3 is 0 Å². The van der Waals surface area contributed by atoms with Crippen molar-refractivity contribution in [1.82, 2.24) is 0 Å². The van der Waals surface area contributed by atoms with E-state index in [1.807, 2.05) is 24.3 Å². The zero-order chi connectivity index (χ0) is 14.2. The van der Waals surface area contributed by atoms with Crippen LogP contribution in [0.3, 0.4) is 0 Å². The molecule has 1 saturated heterocycles. The Morgan fingerprint density at radius 2 is 1.95 bits per heavy atom. The molecule has 3 heteroatoms. The third kappa shape index (κ3) is 4.73. The monoisotopic (exact) mass is 276 g/mol. The molecule has 1 aromatic rings. The van der Waals surface area contributed by atoms with Crippen LogP contribution >= 0.6 is 0 Å². The summed E-state index contributed by atoms with van der Waals surface area (Å²) in [6, 6.07) is 7.89. The molecule has 3 nitrogen and oxygen atoms in total. The van der Waals surface area contributed by atoms with Crippen molar-refractivity contribution in [3.8, 4) is 0 Å². The molecule has 0 bridgehead atoms. The van der Waals surface area contributed by atoms with Gasteiger partial charge in [-0.05, 0) is 30.7 Å². The smallest absolute Gasteiger partial charge is 0.188 e. The number of carbonyl (C=O) groups excluding carboxylic acids is 1. The molecule has 1 aliphatic rings. The van der Waals surface area contributed by atoms with Gasteiger partial charge in [-0.1, -0.05) is 37.6 Å². The van der Waals surface area contributed by atoms with Crippen LogP contribution in [-0.4, -0.2) is 32.2 Å². The molecule has 1 aliphatic heterocycles. The molecule has 0 aromatic heterocycles. The van der Waals surface area contributed by atoms with Crippen LogP contribution < -0.4 is 0 Å². The van der Waals surface area contributed by atoms with Gasteiger partial charge in [0.15, 0.2) is 5.78 Å². The van der Waals surface area contributed by atoms with Gasteiger partial charge in [-0.25, -0.2) is 0 Å². The standard InChI is InChI=1S/C17H24O3/c1-2-3-14-4-6-16(7-5-14)17(18)13-20-12-15-8-10-19-11-9-15/h4-7,15H,2-3,8-13H2,1H3. The van der Waals surface area contributed by atoms with E-state index in [2.05, 4.69) is 6.92 Å². The molecule has 0 spiro atoms. The number of ether oxygens (including phenoxy) is 2. The molecule has 110 valence electrons. The number of ketones is 1. The normalized spacial score (nSPS) is 16.2. The summed E-state index contributed by atoms with van der Waals surface area (Å²) in [6.45, 7) is 4.65. The zero-order valence-corrected chi connectivity index (χ0v) is 12.3. The van der Waals surface area contributed by atoms with E-state index in [1.54, 1.807) is 0 Å². The van der Waals surface area contributed by atoms with Crippen LogP contribution in [0, 0.1) is 5.92 Å². The van der Waals surface area contributed by atoms with Crippen LogP contribution in [0.2, 0.25) is 0 Å². The molecule has 0 saturated carbocycles. The first-order chi connectivity index (χ1) is 9.79. The molecular formula is C17H24O3. The van der Waals surface area contributed by atoms with Crippen molar-refractivity contribution in [2.45, 2.75) is 32.6 Å². The Hall–Kier alpha value is -1.19. The molecule has 0 radical (unpaired) electrons. The molecular weight excluding hydrogens is 252 g/mol. The molecule has 0 N–H and O–H groups in total. The van der Waals surface area contributed by atoms with Crippen LogP contribution in [-0.2, 0) is 15.9 Å². The quantitative estimate of drug-likeness (QED) is 0.717. The second kappa shape index (κ2) is 8.18.